The summed E-state index contributed by atoms with van der Waals surface area (Å²) in [4.78, 5) is 26.4. The number of piperidine rings is 1. The quantitative estimate of drug-likeness (QED) is 0.665. The lowest BCUT2D eigenvalue weighted by Crippen LogP contribution is -2.52. The lowest BCUT2D eigenvalue weighted by molar-refractivity contribution is -0.122. The van der Waals surface area contributed by atoms with Crippen molar-refractivity contribution in [2.24, 2.45) is 0 Å². The van der Waals surface area contributed by atoms with Crippen LogP contribution < -0.4 is 0 Å². The molecule has 2 bridgehead atoms. The summed E-state index contributed by atoms with van der Waals surface area (Å²) in [5.41, 5.74) is 4.86. The Morgan fingerprint density at radius 3 is 2.33 bits per heavy atom. The van der Waals surface area contributed by atoms with Gasteiger partial charge in [-0.05, 0) is 35.1 Å². The van der Waals surface area contributed by atoms with Crippen LogP contribution in [0, 0.1) is 0 Å². The number of ether oxygens (including phenoxy) is 1. The fraction of sp³-hybridized carbons (Fsp3) is 0.364. The molecule has 0 spiro atoms. The summed E-state index contributed by atoms with van der Waals surface area (Å²) in [6, 6.07) is 16.6. The number of Topliss-reactive ketones (excluding diaryl/α,β-unsaturated/α-hetero) is 1. The maximum atomic E-state index is 12.9. The summed E-state index contributed by atoms with van der Waals surface area (Å²) in [5.74, 6) is 0.260. The van der Waals surface area contributed by atoms with Crippen molar-refractivity contribution < 1.29 is 14.3 Å². The second kappa shape index (κ2) is 6.48. The van der Waals surface area contributed by atoms with E-state index in [9.17, 15) is 9.59 Å². The first-order valence-corrected chi connectivity index (χ1v) is 10.4. The van der Waals surface area contributed by atoms with Crippen LogP contribution >= 0.6 is 15.9 Å². The Morgan fingerprint density at radius 1 is 1.04 bits per heavy atom. The zero-order valence-electron chi connectivity index (χ0n) is 14.8. The third-order valence-corrected chi connectivity index (χ3v) is 7.30. The third-order valence-electron chi connectivity index (χ3n) is 6.18. The molecule has 2 fully saturated rings. The molecular weight excluding hydrogens is 406 g/mol. The average molecular weight is 426 g/mol. The Labute approximate surface area is 166 Å². The van der Waals surface area contributed by atoms with Crippen LogP contribution in [0.4, 0.5) is 4.79 Å². The molecule has 0 N–H and O–H groups in total. The highest BCUT2D eigenvalue weighted by atomic mass is 79.9. The van der Waals surface area contributed by atoms with Crippen molar-refractivity contribution in [3.8, 4) is 11.1 Å². The Bertz CT molecular complexity index is 882. The van der Waals surface area contributed by atoms with Crippen LogP contribution in [0.15, 0.2) is 48.5 Å². The summed E-state index contributed by atoms with van der Waals surface area (Å²) in [6.07, 6.45) is 1.87. The average Bonchev–Trinajstić information content (AvgIpc) is 3.20. The lowest BCUT2D eigenvalue weighted by atomic mass is 9.98. The zero-order valence-corrected chi connectivity index (χ0v) is 16.4. The van der Waals surface area contributed by atoms with E-state index < -0.39 is 0 Å². The SMILES string of the molecule is O=C1CC2CCC(C1Br)N2C(=O)OCC1c2ccccc2-c2ccccc21. The molecule has 2 aromatic carbocycles. The minimum atomic E-state index is -0.290. The molecule has 3 aliphatic rings. The van der Waals surface area contributed by atoms with E-state index in [0.29, 0.717) is 13.0 Å². The molecule has 3 unspecified atom stereocenters. The molecule has 1 aliphatic carbocycles. The van der Waals surface area contributed by atoms with E-state index in [1.54, 1.807) is 4.90 Å². The number of nitrogens with zero attached hydrogens (tertiary/aromatic N) is 1. The van der Waals surface area contributed by atoms with Gasteiger partial charge in [0, 0.05) is 18.4 Å². The maximum Gasteiger partial charge on any atom is 0.410 e. The van der Waals surface area contributed by atoms with Gasteiger partial charge in [-0.15, -0.1) is 0 Å². The van der Waals surface area contributed by atoms with E-state index in [-0.39, 0.29) is 34.7 Å². The largest absolute Gasteiger partial charge is 0.448 e. The summed E-state index contributed by atoms with van der Waals surface area (Å²) in [6.45, 7) is 0.323. The highest BCUT2D eigenvalue weighted by Crippen LogP contribution is 2.45. The van der Waals surface area contributed by atoms with Crippen molar-refractivity contribution >= 4 is 27.8 Å². The van der Waals surface area contributed by atoms with Crippen LogP contribution in [0.5, 0.6) is 0 Å². The number of amides is 1. The van der Waals surface area contributed by atoms with Crippen LogP contribution in [0.2, 0.25) is 0 Å². The molecule has 4 nitrogen and oxygen atoms in total. The Balaban J connectivity index is 1.36. The molecule has 0 saturated carbocycles. The summed E-state index contributed by atoms with van der Waals surface area (Å²) in [5, 5.41) is 0. The molecule has 2 heterocycles. The second-order valence-corrected chi connectivity index (χ2v) is 8.57. The van der Waals surface area contributed by atoms with E-state index in [0.717, 1.165) is 12.8 Å². The predicted octanol–water partition coefficient (Wildman–Crippen LogP) is 4.50. The van der Waals surface area contributed by atoms with Gasteiger partial charge in [-0.3, -0.25) is 4.79 Å². The highest BCUT2D eigenvalue weighted by molar-refractivity contribution is 9.10. The molecule has 5 heteroatoms. The fourth-order valence-electron chi connectivity index (χ4n) is 4.91. The minimum absolute atomic E-state index is 0.00745. The first kappa shape index (κ1) is 17.0. The number of hydrogen-bond donors (Lipinski definition) is 0. The molecular formula is C22H20BrNO3. The zero-order chi connectivity index (χ0) is 18.5. The number of ketones is 1. The molecule has 2 aromatic rings. The predicted molar refractivity (Wildman–Crippen MR) is 106 cm³/mol. The van der Waals surface area contributed by atoms with Crippen molar-refractivity contribution in [1.29, 1.82) is 0 Å². The van der Waals surface area contributed by atoms with Crippen LogP contribution in [0.3, 0.4) is 0 Å². The molecule has 2 saturated heterocycles. The normalized spacial score (nSPS) is 26.0. The van der Waals surface area contributed by atoms with Gasteiger partial charge >= 0.3 is 6.09 Å². The molecule has 2 aliphatic heterocycles. The Hall–Kier alpha value is -2.14. The fourth-order valence-corrected chi connectivity index (χ4v) is 5.62. The smallest absolute Gasteiger partial charge is 0.410 e. The number of halogens is 1. The van der Waals surface area contributed by atoms with Gasteiger partial charge in [0.25, 0.3) is 0 Å². The van der Waals surface area contributed by atoms with Gasteiger partial charge in [0.05, 0.1) is 10.9 Å². The molecule has 1 amide bonds. The lowest BCUT2D eigenvalue weighted by Gasteiger charge is -2.36. The van der Waals surface area contributed by atoms with Gasteiger partial charge in [0.2, 0.25) is 0 Å². The minimum Gasteiger partial charge on any atom is -0.448 e. The monoisotopic (exact) mass is 425 g/mol. The standard InChI is InChI=1S/C22H20BrNO3/c23-21-19-10-9-13(11-20(21)25)24(19)22(26)27-12-18-16-7-3-1-5-14(16)15-6-2-4-8-17(15)18/h1-8,13,18-19,21H,9-12H2. The number of benzene rings is 2. The van der Waals surface area contributed by atoms with Crippen LogP contribution in [-0.2, 0) is 9.53 Å². The number of rotatable bonds is 2. The molecule has 0 radical (unpaired) electrons. The summed E-state index contributed by atoms with van der Waals surface area (Å²) < 4.78 is 5.80. The Kier molecular flexibility index (Phi) is 4.08. The molecule has 138 valence electrons. The van der Waals surface area contributed by atoms with Gasteiger partial charge in [-0.2, -0.15) is 0 Å². The number of carbonyl (C=O) groups is 2. The highest BCUT2D eigenvalue weighted by Gasteiger charge is 2.48. The van der Waals surface area contributed by atoms with Crippen molar-refractivity contribution in [2.45, 2.75) is 42.1 Å². The van der Waals surface area contributed by atoms with E-state index in [4.69, 9.17) is 4.74 Å². The molecule has 27 heavy (non-hydrogen) atoms. The van der Waals surface area contributed by atoms with Crippen molar-refractivity contribution in [3.63, 3.8) is 0 Å². The maximum absolute atomic E-state index is 12.9. The van der Waals surface area contributed by atoms with Gasteiger partial charge in [0.1, 0.15) is 6.61 Å². The van der Waals surface area contributed by atoms with Crippen LogP contribution in [0.25, 0.3) is 11.1 Å². The summed E-state index contributed by atoms with van der Waals surface area (Å²) >= 11 is 3.48. The van der Waals surface area contributed by atoms with Gasteiger partial charge < -0.3 is 9.64 Å². The van der Waals surface area contributed by atoms with Gasteiger partial charge in [0.15, 0.2) is 5.78 Å². The number of fused-ring (bicyclic) bond motifs is 5. The van der Waals surface area contributed by atoms with Gasteiger partial charge in [-0.25, -0.2) is 4.79 Å². The van der Waals surface area contributed by atoms with E-state index in [1.807, 2.05) is 24.3 Å². The first-order chi connectivity index (χ1) is 13.1. The molecule has 0 aromatic heterocycles. The van der Waals surface area contributed by atoms with Crippen LogP contribution in [0.1, 0.15) is 36.3 Å². The number of carbonyl (C=O) groups excluding carboxylic acids is 2. The summed E-state index contributed by atoms with van der Waals surface area (Å²) in [7, 11) is 0. The van der Waals surface area contributed by atoms with Crippen LogP contribution in [-0.4, -0.2) is 40.3 Å². The third kappa shape index (κ3) is 2.63. The van der Waals surface area contributed by atoms with E-state index >= 15 is 0 Å². The molecule has 5 rings (SSSR count). The first-order valence-electron chi connectivity index (χ1n) is 9.45. The van der Waals surface area contributed by atoms with Gasteiger partial charge in [-0.1, -0.05) is 64.5 Å². The number of hydrogen-bond acceptors (Lipinski definition) is 3. The van der Waals surface area contributed by atoms with Crippen molar-refractivity contribution in [2.75, 3.05) is 6.61 Å². The van der Waals surface area contributed by atoms with Crippen molar-refractivity contribution in [1.82, 2.24) is 4.90 Å². The van der Waals surface area contributed by atoms with Crippen molar-refractivity contribution in [3.05, 3.63) is 59.7 Å². The Morgan fingerprint density at radius 2 is 1.67 bits per heavy atom. The van der Waals surface area contributed by atoms with E-state index in [2.05, 4.69) is 40.2 Å². The topological polar surface area (TPSA) is 46.6 Å². The van der Waals surface area contributed by atoms with E-state index in [1.165, 1.54) is 22.3 Å². The number of alkyl halides is 1. The molecule has 3 atom stereocenters. The second-order valence-electron chi connectivity index (χ2n) is 7.58.